The van der Waals surface area contributed by atoms with Gasteiger partial charge in [-0.2, -0.15) is 13.2 Å². The van der Waals surface area contributed by atoms with Crippen molar-refractivity contribution in [1.82, 2.24) is 5.32 Å². The Kier molecular flexibility index (Phi) is 6.25. The van der Waals surface area contributed by atoms with Gasteiger partial charge in [-0.05, 0) is 49.7 Å². The molecule has 0 radical (unpaired) electrons. The van der Waals surface area contributed by atoms with Crippen LogP contribution in [-0.2, 0) is 17.4 Å². The highest BCUT2D eigenvalue weighted by Crippen LogP contribution is 2.30. The third kappa shape index (κ3) is 5.32. The van der Waals surface area contributed by atoms with Crippen LogP contribution >= 0.6 is 0 Å². The lowest BCUT2D eigenvalue weighted by atomic mass is 10.0. The summed E-state index contributed by atoms with van der Waals surface area (Å²) in [4.78, 5) is 23.9. The van der Waals surface area contributed by atoms with Gasteiger partial charge in [-0.25, -0.2) is 0 Å². The molecule has 0 fully saturated rings. The van der Waals surface area contributed by atoms with E-state index in [0.29, 0.717) is 22.4 Å². The van der Waals surface area contributed by atoms with Crippen molar-refractivity contribution in [3.05, 3.63) is 64.7 Å². The molecule has 0 aromatic heterocycles. The normalized spacial score (nSPS) is 12.4. The van der Waals surface area contributed by atoms with Gasteiger partial charge in [0.05, 0.1) is 25.1 Å². The van der Waals surface area contributed by atoms with Gasteiger partial charge < -0.3 is 10.1 Å². The predicted molar refractivity (Wildman–Crippen MR) is 94.7 cm³/mol. The summed E-state index contributed by atoms with van der Waals surface area (Å²) in [6, 6.07) is 9.01. The number of ether oxygens (including phenoxy) is 1. The minimum atomic E-state index is -4.44. The van der Waals surface area contributed by atoms with Gasteiger partial charge in [0, 0.05) is 11.1 Å². The van der Waals surface area contributed by atoms with E-state index in [1.54, 1.807) is 25.1 Å². The van der Waals surface area contributed by atoms with Crippen molar-refractivity contribution in [2.45, 2.75) is 32.5 Å². The highest BCUT2D eigenvalue weighted by molar-refractivity contribution is 5.94. The number of ketones is 1. The monoisotopic (exact) mass is 379 g/mol. The molecule has 1 N–H and O–H groups in total. The Labute approximate surface area is 155 Å². The molecular weight excluding hydrogens is 359 g/mol. The van der Waals surface area contributed by atoms with Crippen molar-refractivity contribution in [3.63, 3.8) is 0 Å². The van der Waals surface area contributed by atoms with Crippen molar-refractivity contribution < 1.29 is 27.5 Å². The standard InChI is InChI=1S/C20H20F3NO3/c1-12(14-5-4-6-17(10-14)20(21,22)23)24-19(26)11-16-9-15(13(2)25)7-8-18(16)27-3/h4-10,12H,11H2,1-3H3,(H,24,26). The SMILES string of the molecule is COc1ccc(C(C)=O)cc1CC(=O)NC(C)c1cccc(C(F)(F)F)c1. The Morgan fingerprint density at radius 2 is 1.85 bits per heavy atom. The van der Waals surface area contributed by atoms with Gasteiger partial charge in [0.2, 0.25) is 5.91 Å². The summed E-state index contributed by atoms with van der Waals surface area (Å²) < 4.78 is 43.7. The zero-order valence-corrected chi connectivity index (χ0v) is 15.2. The number of rotatable bonds is 6. The van der Waals surface area contributed by atoms with Crippen LogP contribution in [0.25, 0.3) is 0 Å². The molecule has 1 unspecified atom stereocenters. The van der Waals surface area contributed by atoms with Gasteiger partial charge in [-0.3, -0.25) is 9.59 Å². The first-order valence-corrected chi connectivity index (χ1v) is 8.26. The van der Waals surface area contributed by atoms with Gasteiger partial charge in [0.1, 0.15) is 5.75 Å². The molecule has 1 atom stereocenters. The number of carbonyl (C=O) groups is 2. The molecule has 4 nitrogen and oxygen atoms in total. The number of halogens is 3. The van der Waals surface area contributed by atoms with Crippen LogP contribution in [0.4, 0.5) is 13.2 Å². The fraction of sp³-hybridized carbons (Fsp3) is 0.300. The number of hydrogen-bond acceptors (Lipinski definition) is 3. The molecular formula is C20H20F3NO3. The zero-order chi connectivity index (χ0) is 20.2. The lowest BCUT2D eigenvalue weighted by Gasteiger charge is -2.17. The molecule has 2 aromatic carbocycles. The number of amides is 1. The van der Waals surface area contributed by atoms with Crippen LogP contribution in [0.3, 0.4) is 0 Å². The first kappa shape index (κ1) is 20.5. The molecule has 0 heterocycles. The minimum Gasteiger partial charge on any atom is -0.496 e. The van der Waals surface area contributed by atoms with Crippen LogP contribution in [0.15, 0.2) is 42.5 Å². The summed E-state index contributed by atoms with van der Waals surface area (Å²) in [6.07, 6.45) is -4.51. The van der Waals surface area contributed by atoms with Crippen LogP contribution < -0.4 is 10.1 Å². The molecule has 27 heavy (non-hydrogen) atoms. The van der Waals surface area contributed by atoms with Crippen LogP contribution in [0.1, 0.15) is 46.9 Å². The molecule has 144 valence electrons. The van der Waals surface area contributed by atoms with Gasteiger partial charge in [0.25, 0.3) is 0 Å². The number of nitrogens with one attached hydrogen (secondary N) is 1. The Balaban J connectivity index is 2.14. The van der Waals surface area contributed by atoms with Crippen molar-refractivity contribution >= 4 is 11.7 Å². The highest BCUT2D eigenvalue weighted by atomic mass is 19.4. The predicted octanol–water partition coefficient (Wildman–Crippen LogP) is 4.34. The quantitative estimate of drug-likeness (QED) is 0.760. The van der Waals surface area contributed by atoms with Gasteiger partial charge in [0.15, 0.2) is 5.78 Å². The number of hydrogen-bond donors (Lipinski definition) is 1. The fourth-order valence-corrected chi connectivity index (χ4v) is 2.67. The largest absolute Gasteiger partial charge is 0.496 e. The number of carbonyl (C=O) groups excluding carboxylic acids is 2. The topological polar surface area (TPSA) is 55.4 Å². The summed E-state index contributed by atoms with van der Waals surface area (Å²) in [7, 11) is 1.45. The van der Waals surface area contributed by atoms with Crippen molar-refractivity contribution in [3.8, 4) is 5.75 Å². The Morgan fingerprint density at radius 3 is 2.44 bits per heavy atom. The lowest BCUT2D eigenvalue weighted by molar-refractivity contribution is -0.137. The molecule has 0 aliphatic heterocycles. The smallest absolute Gasteiger partial charge is 0.416 e. The van der Waals surface area contributed by atoms with Gasteiger partial charge in [-0.1, -0.05) is 12.1 Å². The molecule has 0 saturated carbocycles. The molecule has 0 saturated heterocycles. The van der Waals surface area contributed by atoms with Crippen molar-refractivity contribution in [2.75, 3.05) is 7.11 Å². The van der Waals surface area contributed by atoms with Crippen LogP contribution in [0, 0.1) is 0 Å². The first-order valence-electron chi connectivity index (χ1n) is 8.26. The van der Waals surface area contributed by atoms with E-state index in [1.165, 1.54) is 26.2 Å². The average Bonchev–Trinajstić information content (AvgIpc) is 2.60. The van der Waals surface area contributed by atoms with Crippen molar-refractivity contribution in [1.29, 1.82) is 0 Å². The maximum atomic E-state index is 12.8. The molecule has 0 aliphatic rings. The summed E-state index contributed by atoms with van der Waals surface area (Å²) in [6.45, 7) is 3.03. The minimum absolute atomic E-state index is 0.0619. The maximum Gasteiger partial charge on any atom is 0.416 e. The van der Waals surface area contributed by atoms with E-state index in [1.807, 2.05) is 0 Å². The number of methoxy groups -OCH3 is 1. The van der Waals surface area contributed by atoms with E-state index in [0.717, 1.165) is 12.1 Å². The second kappa shape index (κ2) is 8.24. The molecule has 0 bridgehead atoms. The van der Waals surface area contributed by atoms with Gasteiger partial charge >= 0.3 is 6.18 Å². The highest BCUT2D eigenvalue weighted by Gasteiger charge is 2.30. The Hall–Kier alpha value is -2.83. The van der Waals surface area contributed by atoms with E-state index in [-0.39, 0.29) is 18.1 Å². The number of alkyl halides is 3. The second-order valence-electron chi connectivity index (χ2n) is 6.17. The van der Waals surface area contributed by atoms with Crippen LogP contribution in [0.2, 0.25) is 0 Å². The second-order valence-corrected chi connectivity index (χ2v) is 6.17. The summed E-state index contributed by atoms with van der Waals surface area (Å²) in [5.74, 6) is -0.0718. The summed E-state index contributed by atoms with van der Waals surface area (Å²) in [5.41, 5.74) is 0.558. The lowest BCUT2D eigenvalue weighted by Crippen LogP contribution is -2.28. The van der Waals surface area contributed by atoms with E-state index in [9.17, 15) is 22.8 Å². The summed E-state index contributed by atoms with van der Waals surface area (Å²) >= 11 is 0. The third-order valence-electron chi connectivity index (χ3n) is 4.13. The Bertz CT molecular complexity index is 847. The number of benzene rings is 2. The molecule has 7 heteroatoms. The fourth-order valence-electron chi connectivity index (χ4n) is 2.67. The van der Waals surface area contributed by atoms with Crippen LogP contribution in [-0.4, -0.2) is 18.8 Å². The van der Waals surface area contributed by atoms with Gasteiger partial charge in [-0.15, -0.1) is 0 Å². The Morgan fingerprint density at radius 1 is 1.15 bits per heavy atom. The van der Waals surface area contributed by atoms with E-state index < -0.39 is 17.8 Å². The van der Waals surface area contributed by atoms with E-state index >= 15 is 0 Å². The molecule has 0 aliphatic carbocycles. The number of Topliss-reactive ketones (excluding diaryl/α,β-unsaturated/α-hetero) is 1. The summed E-state index contributed by atoms with van der Waals surface area (Å²) in [5, 5.41) is 2.68. The first-order chi connectivity index (χ1) is 12.6. The molecule has 2 rings (SSSR count). The average molecular weight is 379 g/mol. The molecule has 2 aromatic rings. The van der Waals surface area contributed by atoms with E-state index in [2.05, 4.69) is 5.32 Å². The third-order valence-corrected chi connectivity index (χ3v) is 4.13. The maximum absolute atomic E-state index is 12.8. The van der Waals surface area contributed by atoms with Crippen molar-refractivity contribution in [2.24, 2.45) is 0 Å². The molecule has 0 spiro atoms. The van der Waals surface area contributed by atoms with Crippen LogP contribution in [0.5, 0.6) is 5.75 Å². The zero-order valence-electron chi connectivity index (χ0n) is 15.2. The molecule has 1 amide bonds. The van der Waals surface area contributed by atoms with E-state index in [4.69, 9.17) is 4.74 Å².